The molecule has 4 nitrogen and oxygen atoms in total. The van der Waals surface area contributed by atoms with Gasteiger partial charge in [-0.05, 0) is 62.8 Å². The Morgan fingerprint density at radius 1 is 1.11 bits per heavy atom. The molecule has 2 aromatic rings. The molecule has 1 aliphatic heterocycles. The second-order valence-electron chi connectivity index (χ2n) is 9.82. The predicted octanol–water partition coefficient (Wildman–Crippen LogP) is 5.64. The van der Waals surface area contributed by atoms with E-state index in [4.69, 9.17) is 0 Å². The Labute approximate surface area is 211 Å². The number of nitrogens with one attached hydrogen (secondary N) is 2. The molecule has 1 aliphatic rings. The number of amides is 1. The van der Waals surface area contributed by atoms with Crippen LogP contribution < -0.4 is 10.6 Å². The van der Waals surface area contributed by atoms with Crippen LogP contribution in [0, 0.1) is 13.8 Å². The molecule has 186 valence electrons. The van der Waals surface area contributed by atoms with Crippen LogP contribution in [0.25, 0.3) is 0 Å². The van der Waals surface area contributed by atoms with E-state index in [1.807, 2.05) is 30.4 Å². The molecule has 0 aliphatic carbocycles. The summed E-state index contributed by atoms with van der Waals surface area (Å²) in [4.78, 5) is 15.4. The Kier molecular flexibility index (Phi) is 10.1. The van der Waals surface area contributed by atoms with Crippen molar-refractivity contribution < 1.29 is 4.79 Å². The quantitative estimate of drug-likeness (QED) is 0.441. The smallest absolute Gasteiger partial charge is 0.234 e. The second kappa shape index (κ2) is 13.2. The summed E-state index contributed by atoms with van der Waals surface area (Å²) >= 11 is 0. The average Bonchev–Trinajstić information content (AvgIpc) is 2.84. The molecule has 2 aromatic carbocycles. The number of benzene rings is 2. The van der Waals surface area contributed by atoms with E-state index >= 15 is 0 Å². The molecule has 0 saturated carbocycles. The first-order valence-corrected chi connectivity index (χ1v) is 12.7. The van der Waals surface area contributed by atoms with E-state index in [-0.39, 0.29) is 11.9 Å². The van der Waals surface area contributed by atoms with Gasteiger partial charge in [0.25, 0.3) is 0 Å². The molecule has 1 unspecified atom stereocenters. The zero-order chi connectivity index (χ0) is 25.2. The van der Waals surface area contributed by atoms with Gasteiger partial charge in [0.05, 0.1) is 12.6 Å². The van der Waals surface area contributed by atoms with Crippen molar-refractivity contribution in [2.24, 2.45) is 0 Å². The Bertz CT molecular complexity index is 1040. The highest BCUT2D eigenvalue weighted by molar-refractivity contribution is 5.79. The highest BCUT2D eigenvalue weighted by Gasteiger charge is 2.23. The fourth-order valence-electron chi connectivity index (χ4n) is 4.68. The van der Waals surface area contributed by atoms with E-state index in [0.717, 1.165) is 43.6 Å². The normalized spacial score (nSPS) is 15.7. The van der Waals surface area contributed by atoms with Gasteiger partial charge < -0.3 is 10.6 Å². The molecular weight excluding hydrogens is 430 g/mol. The number of carbonyl (C=O) groups excluding carboxylic acids is 1. The van der Waals surface area contributed by atoms with Gasteiger partial charge in [0.2, 0.25) is 5.91 Å². The zero-order valence-corrected chi connectivity index (χ0v) is 21.8. The van der Waals surface area contributed by atoms with Crippen LogP contribution in [-0.2, 0) is 4.79 Å². The number of hydrogen-bond acceptors (Lipinski definition) is 3. The van der Waals surface area contributed by atoms with Crippen molar-refractivity contribution in [3.05, 3.63) is 107 Å². The molecule has 0 bridgehead atoms. The van der Waals surface area contributed by atoms with Crippen LogP contribution in [0.15, 0.2) is 84.5 Å². The molecule has 1 heterocycles. The van der Waals surface area contributed by atoms with Gasteiger partial charge in [0.15, 0.2) is 0 Å². The summed E-state index contributed by atoms with van der Waals surface area (Å²) in [6, 6.07) is 17.0. The number of rotatable bonds is 10. The van der Waals surface area contributed by atoms with E-state index in [1.165, 1.54) is 22.3 Å². The molecule has 1 saturated heterocycles. The first-order chi connectivity index (χ1) is 16.9. The first kappa shape index (κ1) is 26.7. The van der Waals surface area contributed by atoms with E-state index in [1.54, 1.807) is 0 Å². The van der Waals surface area contributed by atoms with Crippen molar-refractivity contribution >= 4 is 5.91 Å². The van der Waals surface area contributed by atoms with E-state index in [0.29, 0.717) is 12.6 Å². The van der Waals surface area contributed by atoms with E-state index in [2.05, 4.69) is 86.2 Å². The maximum atomic E-state index is 13.1. The highest BCUT2D eigenvalue weighted by Crippen LogP contribution is 2.26. The summed E-state index contributed by atoms with van der Waals surface area (Å²) in [6.07, 6.45) is 8.04. The molecular formula is C31H41N3O. The highest BCUT2D eigenvalue weighted by atomic mass is 16.2. The van der Waals surface area contributed by atoms with Gasteiger partial charge in [-0.1, -0.05) is 84.5 Å². The fourth-order valence-corrected chi connectivity index (χ4v) is 4.68. The average molecular weight is 472 g/mol. The van der Waals surface area contributed by atoms with Crippen molar-refractivity contribution in [1.82, 2.24) is 15.5 Å². The van der Waals surface area contributed by atoms with Crippen molar-refractivity contribution in [2.75, 3.05) is 26.2 Å². The maximum absolute atomic E-state index is 13.1. The van der Waals surface area contributed by atoms with Gasteiger partial charge in [0.1, 0.15) is 0 Å². The van der Waals surface area contributed by atoms with Crippen LogP contribution in [0.4, 0.5) is 0 Å². The standard InChI is InChI=1S/C31H41N3O/c1-6-7-11-27(23(2)3)21-32-28-16-18-34(19-17-28)22-30(35)33-31(26-12-9-8-10-13-26)29-15-14-24(4)20-25(29)5/h6-15,20,28,31-32H,1,16-19,21-22H2,2-5H3,(H,33,35)/b11-7-. The van der Waals surface area contributed by atoms with Crippen LogP contribution in [0.3, 0.4) is 0 Å². The Morgan fingerprint density at radius 2 is 1.83 bits per heavy atom. The third-order valence-electron chi connectivity index (χ3n) is 6.79. The lowest BCUT2D eigenvalue weighted by Crippen LogP contribution is -2.46. The number of hydrogen-bond donors (Lipinski definition) is 2. The number of allylic oxidation sites excluding steroid dienone is 3. The third-order valence-corrected chi connectivity index (χ3v) is 6.79. The minimum Gasteiger partial charge on any atom is -0.344 e. The van der Waals surface area contributed by atoms with Gasteiger partial charge in [-0.15, -0.1) is 0 Å². The van der Waals surface area contributed by atoms with Gasteiger partial charge in [0, 0.05) is 25.7 Å². The molecule has 35 heavy (non-hydrogen) atoms. The Morgan fingerprint density at radius 3 is 2.46 bits per heavy atom. The number of aryl methyl sites for hydroxylation is 2. The van der Waals surface area contributed by atoms with E-state index < -0.39 is 0 Å². The topological polar surface area (TPSA) is 44.4 Å². The Hall–Kier alpha value is -2.95. The van der Waals surface area contributed by atoms with Crippen LogP contribution in [0.5, 0.6) is 0 Å². The van der Waals surface area contributed by atoms with Gasteiger partial charge >= 0.3 is 0 Å². The predicted molar refractivity (Wildman–Crippen MR) is 148 cm³/mol. The summed E-state index contributed by atoms with van der Waals surface area (Å²) in [7, 11) is 0. The third kappa shape index (κ3) is 8.05. The lowest BCUT2D eigenvalue weighted by atomic mass is 9.93. The number of piperidine rings is 1. The number of likely N-dealkylation sites (tertiary alicyclic amines) is 1. The zero-order valence-electron chi connectivity index (χ0n) is 21.8. The number of carbonyl (C=O) groups is 1. The minimum absolute atomic E-state index is 0.0756. The van der Waals surface area contributed by atoms with Gasteiger partial charge in [-0.2, -0.15) is 0 Å². The van der Waals surface area contributed by atoms with Crippen LogP contribution in [0.2, 0.25) is 0 Å². The first-order valence-electron chi connectivity index (χ1n) is 12.7. The second-order valence-corrected chi connectivity index (χ2v) is 9.82. The Balaban J connectivity index is 1.56. The van der Waals surface area contributed by atoms with E-state index in [9.17, 15) is 4.79 Å². The largest absolute Gasteiger partial charge is 0.344 e. The van der Waals surface area contributed by atoms with Gasteiger partial charge in [-0.3, -0.25) is 9.69 Å². The molecule has 1 fully saturated rings. The van der Waals surface area contributed by atoms with Crippen molar-refractivity contribution in [3.63, 3.8) is 0 Å². The lowest BCUT2D eigenvalue weighted by molar-refractivity contribution is -0.123. The summed E-state index contributed by atoms with van der Waals surface area (Å²) in [5.74, 6) is 0.0756. The van der Waals surface area contributed by atoms with Crippen LogP contribution in [-0.4, -0.2) is 43.0 Å². The van der Waals surface area contributed by atoms with Gasteiger partial charge in [-0.25, -0.2) is 0 Å². The lowest BCUT2D eigenvalue weighted by Gasteiger charge is -2.32. The molecule has 3 rings (SSSR count). The summed E-state index contributed by atoms with van der Waals surface area (Å²) < 4.78 is 0. The summed E-state index contributed by atoms with van der Waals surface area (Å²) in [5, 5.41) is 7.02. The maximum Gasteiger partial charge on any atom is 0.234 e. The molecule has 2 N–H and O–H groups in total. The molecule has 4 heteroatoms. The monoisotopic (exact) mass is 471 g/mol. The number of nitrogens with zero attached hydrogens (tertiary/aromatic N) is 1. The summed E-state index contributed by atoms with van der Waals surface area (Å²) in [5.41, 5.74) is 7.32. The molecule has 0 radical (unpaired) electrons. The van der Waals surface area contributed by atoms with Crippen molar-refractivity contribution in [2.45, 2.75) is 52.6 Å². The molecule has 0 spiro atoms. The minimum atomic E-state index is -0.144. The SMILES string of the molecule is C=C/C=C\C(CNC1CCN(CC(=O)NC(c2ccccc2)c2ccc(C)cc2C)CC1)=C(C)C. The fraction of sp³-hybridized carbons (Fsp3) is 0.387. The molecule has 1 amide bonds. The van der Waals surface area contributed by atoms with Crippen LogP contribution in [0.1, 0.15) is 55.0 Å². The molecule has 1 atom stereocenters. The summed E-state index contributed by atoms with van der Waals surface area (Å²) in [6.45, 7) is 15.4. The van der Waals surface area contributed by atoms with Crippen molar-refractivity contribution in [1.29, 1.82) is 0 Å². The van der Waals surface area contributed by atoms with Crippen molar-refractivity contribution in [3.8, 4) is 0 Å². The molecule has 0 aromatic heterocycles. The van der Waals surface area contributed by atoms with Crippen LogP contribution >= 0.6 is 0 Å².